The number of thioether (sulfide) groups is 1. The van der Waals surface area contributed by atoms with Crippen molar-refractivity contribution in [3.8, 4) is 5.75 Å². The molecule has 0 saturated carbocycles. The third kappa shape index (κ3) is 6.67. The summed E-state index contributed by atoms with van der Waals surface area (Å²) >= 11 is 14.2. The summed E-state index contributed by atoms with van der Waals surface area (Å²) < 4.78 is 21.0. The quantitative estimate of drug-likeness (QED) is 0.161. The summed E-state index contributed by atoms with van der Waals surface area (Å²) in [6.45, 7) is 2.24. The van der Waals surface area contributed by atoms with Crippen LogP contribution in [0.2, 0.25) is 10.0 Å². The highest BCUT2D eigenvalue weighted by Gasteiger charge is 2.41. The highest BCUT2D eigenvalue weighted by Crippen LogP contribution is 2.42. The molecular weight excluding hydrogens is 536 g/mol. The average Bonchev–Trinajstić information content (AvgIpc) is 2.91. The number of hydrogen-bond acceptors (Lipinski definition) is 6. The molecule has 1 fully saturated rings. The van der Waals surface area contributed by atoms with Crippen LogP contribution < -0.4 is 10.2 Å². The number of pyridine rings is 1. The maximum Gasteiger partial charge on any atom is 0.249 e. The third-order valence-corrected chi connectivity index (χ3v) is 8.64. The number of nitrogens with one attached hydrogen (secondary N) is 1. The molecule has 1 unspecified atom stereocenters. The van der Waals surface area contributed by atoms with Crippen LogP contribution in [0.15, 0.2) is 53.6 Å². The molecule has 4 rings (SSSR count). The number of fused-ring (bicyclic) bond motifs is 1. The van der Waals surface area contributed by atoms with Gasteiger partial charge in [0.1, 0.15) is 11.9 Å². The number of carbonyl (C=O) groups excluding carboxylic acids is 1. The fourth-order valence-electron chi connectivity index (χ4n) is 4.92. The summed E-state index contributed by atoms with van der Waals surface area (Å²) in [5.41, 5.74) is 1.95. The van der Waals surface area contributed by atoms with Crippen LogP contribution in [0.4, 0.5) is 4.39 Å². The van der Waals surface area contributed by atoms with Crippen molar-refractivity contribution in [2.75, 3.05) is 32.5 Å². The SMILES string of the molecule is COc1ccc2ncc(Cl)c(C(F)CCC3(C(=O)NO)CCN(CCSc4cccc(Cl)c4)CC3)c2c1. The smallest absolute Gasteiger partial charge is 0.249 e. The Morgan fingerprint density at radius 1 is 1.27 bits per heavy atom. The zero-order valence-corrected chi connectivity index (χ0v) is 22.9. The minimum Gasteiger partial charge on any atom is -0.497 e. The van der Waals surface area contributed by atoms with Gasteiger partial charge in [0.2, 0.25) is 5.91 Å². The number of hydroxylamine groups is 1. The van der Waals surface area contributed by atoms with E-state index in [-0.39, 0.29) is 17.9 Å². The van der Waals surface area contributed by atoms with Crippen LogP contribution in [0, 0.1) is 5.41 Å². The number of halogens is 3. The monoisotopic (exact) mass is 565 g/mol. The molecule has 10 heteroatoms. The van der Waals surface area contributed by atoms with E-state index in [1.165, 1.54) is 6.20 Å². The van der Waals surface area contributed by atoms with Crippen molar-refractivity contribution in [2.24, 2.45) is 5.41 Å². The lowest BCUT2D eigenvalue weighted by Gasteiger charge is -2.40. The number of amides is 1. The fourth-order valence-corrected chi connectivity index (χ4v) is 6.42. The summed E-state index contributed by atoms with van der Waals surface area (Å²) in [7, 11) is 1.55. The molecular formula is C27H30Cl2FN3O3S. The molecule has 2 heterocycles. The largest absolute Gasteiger partial charge is 0.497 e. The Morgan fingerprint density at radius 2 is 2.05 bits per heavy atom. The van der Waals surface area contributed by atoms with Crippen LogP contribution >= 0.6 is 35.0 Å². The van der Waals surface area contributed by atoms with Gasteiger partial charge in [-0.15, -0.1) is 11.8 Å². The first-order valence-corrected chi connectivity index (χ1v) is 13.9. The van der Waals surface area contributed by atoms with E-state index in [2.05, 4.69) is 9.88 Å². The second-order valence-corrected chi connectivity index (χ2v) is 11.3. The number of rotatable bonds is 10. The molecule has 2 N–H and O–H groups in total. The molecule has 2 aromatic carbocycles. The van der Waals surface area contributed by atoms with Crippen LogP contribution in [0.1, 0.15) is 37.4 Å². The Kier molecular flexibility index (Phi) is 9.53. The molecule has 1 aliphatic heterocycles. The Bertz CT molecular complexity index is 1240. The van der Waals surface area contributed by atoms with Crippen LogP contribution in [0.25, 0.3) is 10.9 Å². The van der Waals surface area contributed by atoms with Gasteiger partial charge in [-0.1, -0.05) is 29.3 Å². The van der Waals surface area contributed by atoms with Crippen LogP contribution in [-0.4, -0.2) is 53.5 Å². The van der Waals surface area contributed by atoms with Crippen molar-refractivity contribution < 1.29 is 19.1 Å². The van der Waals surface area contributed by atoms with Gasteiger partial charge in [0, 0.05) is 39.4 Å². The van der Waals surface area contributed by atoms with Crippen molar-refractivity contribution in [3.63, 3.8) is 0 Å². The van der Waals surface area contributed by atoms with Gasteiger partial charge in [0.25, 0.3) is 0 Å². The fraction of sp³-hybridized carbons (Fsp3) is 0.407. The van der Waals surface area contributed by atoms with Crippen LogP contribution in [0.5, 0.6) is 5.75 Å². The van der Waals surface area contributed by atoms with Gasteiger partial charge >= 0.3 is 0 Å². The molecule has 1 amide bonds. The van der Waals surface area contributed by atoms with Crippen molar-refractivity contribution >= 4 is 51.8 Å². The van der Waals surface area contributed by atoms with Gasteiger partial charge in [-0.3, -0.25) is 15.0 Å². The Balaban J connectivity index is 1.40. The third-order valence-electron chi connectivity index (χ3n) is 7.13. The van der Waals surface area contributed by atoms with Crippen molar-refractivity contribution in [3.05, 3.63) is 64.3 Å². The molecule has 1 atom stereocenters. The molecule has 37 heavy (non-hydrogen) atoms. The number of piperidine rings is 1. The van der Waals surface area contributed by atoms with Gasteiger partial charge in [0.15, 0.2) is 0 Å². The Labute approximate surface area is 230 Å². The van der Waals surface area contributed by atoms with Gasteiger partial charge in [-0.2, -0.15) is 0 Å². The first-order valence-electron chi connectivity index (χ1n) is 12.2. The normalized spacial score (nSPS) is 16.5. The number of nitrogens with zero attached hydrogens (tertiary/aromatic N) is 2. The van der Waals surface area contributed by atoms with E-state index in [1.807, 2.05) is 29.7 Å². The molecule has 0 aliphatic carbocycles. The van der Waals surface area contributed by atoms with Crippen molar-refractivity contribution in [1.82, 2.24) is 15.4 Å². The van der Waals surface area contributed by atoms with E-state index < -0.39 is 17.5 Å². The second kappa shape index (κ2) is 12.6. The Morgan fingerprint density at radius 3 is 2.76 bits per heavy atom. The van der Waals surface area contributed by atoms with E-state index in [4.69, 9.17) is 27.9 Å². The number of likely N-dealkylation sites (tertiary alicyclic amines) is 1. The second-order valence-electron chi connectivity index (χ2n) is 9.28. The summed E-state index contributed by atoms with van der Waals surface area (Å²) in [6, 6.07) is 13.0. The summed E-state index contributed by atoms with van der Waals surface area (Å²) in [4.78, 5) is 20.5. The first-order chi connectivity index (χ1) is 17.8. The van der Waals surface area contributed by atoms with E-state index >= 15 is 4.39 Å². The molecule has 0 bridgehead atoms. The van der Waals surface area contributed by atoms with Gasteiger partial charge in [-0.05, 0) is 75.2 Å². The number of alkyl halides is 1. The van der Waals surface area contributed by atoms with Gasteiger partial charge in [-0.25, -0.2) is 9.87 Å². The minimum absolute atomic E-state index is 0.0914. The zero-order valence-electron chi connectivity index (χ0n) is 20.6. The molecule has 1 aromatic heterocycles. The maximum atomic E-state index is 15.7. The number of carbonyl (C=O) groups is 1. The molecule has 1 saturated heterocycles. The molecule has 3 aromatic rings. The van der Waals surface area contributed by atoms with E-state index in [1.54, 1.807) is 37.1 Å². The lowest BCUT2D eigenvalue weighted by Crippen LogP contribution is -2.48. The standard InChI is InChI=1S/C27H30Cl2FN3O3S/c1-36-19-5-6-24-21(16-19)25(22(29)17-31-24)23(30)7-8-27(26(34)32-35)9-11-33(12-10-27)13-14-37-20-4-2-3-18(28)15-20/h2-6,15-17,23,35H,7-14H2,1H3,(H,32,34). The summed E-state index contributed by atoms with van der Waals surface area (Å²) in [6.07, 6.45) is 1.50. The number of hydrogen-bond donors (Lipinski definition) is 2. The molecule has 1 aliphatic rings. The Hall–Kier alpha value is -2.10. The van der Waals surface area contributed by atoms with Crippen LogP contribution in [-0.2, 0) is 4.79 Å². The predicted molar refractivity (Wildman–Crippen MR) is 147 cm³/mol. The first kappa shape index (κ1) is 27.9. The number of aromatic nitrogens is 1. The summed E-state index contributed by atoms with van der Waals surface area (Å²) in [5, 5.41) is 11.0. The van der Waals surface area contributed by atoms with Crippen molar-refractivity contribution in [1.29, 1.82) is 0 Å². The molecule has 0 spiro atoms. The topological polar surface area (TPSA) is 74.7 Å². The van der Waals surface area contributed by atoms with E-state index in [0.717, 1.165) is 17.2 Å². The molecule has 0 radical (unpaired) electrons. The molecule has 198 valence electrons. The highest BCUT2D eigenvalue weighted by atomic mass is 35.5. The lowest BCUT2D eigenvalue weighted by atomic mass is 9.73. The van der Waals surface area contributed by atoms with Gasteiger partial charge < -0.3 is 9.64 Å². The average molecular weight is 567 g/mol. The highest BCUT2D eigenvalue weighted by molar-refractivity contribution is 7.99. The van der Waals surface area contributed by atoms with Crippen molar-refractivity contribution in [2.45, 2.75) is 36.8 Å². The minimum atomic E-state index is -1.40. The van der Waals surface area contributed by atoms with E-state index in [9.17, 15) is 10.0 Å². The number of methoxy groups -OCH3 is 1. The molecule has 6 nitrogen and oxygen atoms in total. The predicted octanol–water partition coefficient (Wildman–Crippen LogP) is 6.72. The zero-order chi connectivity index (χ0) is 26.4. The maximum absolute atomic E-state index is 15.7. The summed E-state index contributed by atoms with van der Waals surface area (Å²) in [5.74, 6) is 1.02. The number of benzene rings is 2. The number of ether oxygens (including phenoxy) is 1. The van der Waals surface area contributed by atoms with Gasteiger partial charge in [0.05, 0.1) is 23.1 Å². The lowest BCUT2D eigenvalue weighted by molar-refractivity contribution is -0.143. The van der Waals surface area contributed by atoms with Crippen LogP contribution in [0.3, 0.4) is 0 Å². The van der Waals surface area contributed by atoms with E-state index in [0.29, 0.717) is 53.2 Å².